The number of allylic oxidation sites excluding steroid dienone is 2. The van der Waals surface area contributed by atoms with Crippen molar-refractivity contribution in [1.82, 2.24) is 10.2 Å². The predicted molar refractivity (Wildman–Crippen MR) is 148 cm³/mol. The van der Waals surface area contributed by atoms with Gasteiger partial charge in [-0.05, 0) is 79.4 Å². The molecule has 37 heavy (non-hydrogen) atoms. The SMILES string of the molecule is CC1(C)CC(C)(C)C1N1Cc2cc(C#CC3CCNCC3)ccc2C1=O.COC1C=C(Cl)C(C#N)=CC1. The third kappa shape index (κ3) is 5.96. The van der Waals surface area contributed by atoms with E-state index in [0.29, 0.717) is 22.6 Å². The number of methoxy groups -OCH3 is 1. The van der Waals surface area contributed by atoms with E-state index in [9.17, 15) is 4.79 Å². The Labute approximate surface area is 226 Å². The second-order valence-electron chi connectivity index (χ2n) is 11.9. The van der Waals surface area contributed by atoms with Gasteiger partial charge in [-0.1, -0.05) is 57.2 Å². The van der Waals surface area contributed by atoms with Gasteiger partial charge in [-0.25, -0.2) is 0 Å². The molecule has 1 atom stereocenters. The molecule has 1 N–H and O–H groups in total. The monoisotopic (exact) mass is 519 g/mol. The van der Waals surface area contributed by atoms with Crippen molar-refractivity contribution in [2.75, 3.05) is 20.2 Å². The van der Waals surface area contributed by atoms with Crippen molar-refractivity contribution in [3.63, 3.8) is 0 Å². The molecule has 2 fully saturated rings. The first-order valence-corrected chi connectivity index (χ1v) is 13.6. The topological polar surface area (TPSA) is 65.4 Å². The van der Waals surface area contributed by atoms with Crippen molar-refractivity contribution < 1.29 is 9.53 Å². The van der Waals surface area contributed by atoms with Gasteiger partial charge in [-0.3, -0.25) is 4.79 Å². The van der Waals surface area contributed by atoms with E-state index in [-0.39, 0.29) is 22.8 Å². The van der Waals surface area contributed by atoms with Gasteiger partial charge in [-0.2, -0.15) is 5.26 Å². The Bertz CT molecular complexity index is 1190. The molecule has 6 heteroatoms. The molecule has 4 aliphatic rings. The third-order valence-corrected chi connectivity index (χ3v) is 8.30. The summed E-state index contributed by atoms with van der Waals surface area (Å²) in [4.78, 5) is 15.1. The lowest BCUT2D eigenvalue weighted by Crippen LogP contribution is -2.63. The number of halogens is 1. The number of hydrogen-bond donors (Lipinski definition) is 1. The van der Waals surface area contributed by atoms with Crippen molar-refractivity contribution in [3.05, 3.63) is 57.6 Å². The van der Waals surface area contributed by atoms with Crippen LogP contribution in [0.1, 0.15) is 74.9 Å². The summed E-state index contributed by atoms with van der Waals surface area (Å²) in [6.45, 7) is 12.0. The molecule has 1 aromatic rings. The Morgan fingerprint density at radius 1 is 1.16 bits per heavy atom. The summed E-state index contributed by atoms with van der Waals surface area (Å²) in [6, 6.07) is 8.46. The number of piperidine rings is 1. The Morgan fingerprint density at radius 3 is 2.46 bits per heavy atom. The van der Waals surface area contributed by atoms with Gasteiger partial charge in [0.25, 0.3) is 5.91 Å². The Hall–Kier alpha value is -2.57. The number of hydrogen-bond acceptors (Lipinski definition) is 4. The molecule has 5 rings (SSSR count). The number of ether oxygens (including phenoxy) is 1. The van der Waals surface area contributed by atoms with Crippen molar-refractivity contribution in [1.29, 1.82) is 5.26 Å². The van der Waals surface area contributed by atoms with Crippen LogP contribution in [0.3, 0.4) is 0 Å². The highest BCUT2D eigenvalue weighted by Gasteiger charge is 2.57. The summed E-state index contributed by atoms with van der Waals surface area (Å²) >= 11 is 5.75. The second-order valence-corrected chi connectivity index (χ2v) is 12.3. The molecule has 1 amide bonds. The van der Waals surface area contributed by atoms with Crippen molar-refractivity contribution in [3.8, 4) is 17.9 Å². The third-order valence-electron chi connectivity index (χ3n) is 7.97. The van der Waals surface area contributed by atoms with Gasteiger partial charge in [0, 0.05) is 36.7 Å². The van der Waals surface area contributed by atoms with Crippen LogP contribution in [0.4, 0.5) is 0 Å². The van der Waals surface area contributed by atoms with Crippen LogP contribution in [0.15, 0.2) is 41.0 Å². The van der Waals surface area contributed by atoms with E-state index in [0.717, 1.165) is 62.0 Å². The molecular weight excluding hydrogens is 482 g/mol. The molecule has 5 nitrogen and oxygen atoms in total. The number of fused-ring (bicyclic) bond motifs is 1. The van der Waals surface area contributed by atoms with E-state index in [4.69, 9.17) is 21.6 Å². The van der Waals surface area contributed by atoms with Gasteiger partial charge in [0.15, 0.2) is 0 Å². The molecule has 2 aliphatic heterocycles. The van der Waals surface area contributed by atoms with Crippen LogP contribution in [0.25, 0.3) is 0 Å². The molecular formula is C31H38ClN3O2. The average molecular weight is 520 g/mol. The molecule has 1 saturated heterocycles. The summed E-state index contributed by atoms with van der Waals surface area (Å²) < 4.78 is 5.04. The Balaban J connectivity index is 0.000000245. The van der Waals surface area contributed by atoms with E-state index in [2.05, 4.69) is 55.8 Å². The van der Waals surface area contributed by atoms with Crippen molar-refractivity contribution >= 4 is 17.5 Å². The molecule has 1 saturated carbocycles. The van der Waals surface area contributed by atoms with Crippen LogP contribution in [-0.4, -0.2) is 43.2 Å². The van der Waals surface area contributed by atoms with Gasteiger partial charge >= 0.3 is 0 Å². The highest BCUT2D eigenvalue weighted by molar-refractivity contribution is 6.32. The zero-order valence-electron chi connectivity index (χ0n) is 22.7. The highest BCUT2D eigenvalue weighted by atomic mass is 35.5. The van der Waals surface area contributed by atoms with E-state index in [1.54, 1.807) is 19.3 Å². The van der Waals surface area contributed by atoms with Crippen molar-refractivity contribution in [2.24, 2.45) is 16.7 Å². The van der Waals surface area contributed by atoms with Gasteiger partial charge in [-0.15, -0.1) is 0 Å². The van der Waals surface area contributed by atoms with Crippen LogP contribution in [0, 0.1) is 39.9 Å². The number of rotatable bonds is 2. The molecule has 2 aliphatic carbocycles. The summed E-state index contributed by atoms with van der Waals surface area (Å²) in [5.74, 6) is 7.49. The number of nitrogens with one attached hydrogen (secondary N) is 1. The summed E-state index contributed by atoms with van der Waals surface area (Å²) in [6.07, 6.45) is 7.73. The van der Waals surface area contributed by atoms with Crippen LogP contribution < -0.4 is 5.32 Å². The molecule has 0 spiro atoms. The molecule has 1 aromatic carbocycles. The van der Waals surface area contributed by atoms with Gasteiger partial charge < -0.3 is 15.0 Å². The fourth-order valence-electron chi connectivity index (χ4n) is 6.84. The number of carbonyl (C=O) groups excluding carboxylic acids is 1. The molecule has 0 bridgehead atoms. The Morgan fingerprint density at radius 2 is 1.86 bits per heavy atom. The minimum Gasteiger partial charge on any atom is -0.377 e. The zero-order chi connectivity index (χ0) is 26.8. The van der Waals surface area contributed by atoms with E-state index in [1.165, 1.54) is 0 Å². The van der Waals surface area contributed by atoms with Crippen LogP contribution in [0.5, 0.6) is 0 Å². The standard InChI is InChI=1S/C23H30N2O.C8H8ClNO/c1-22(2)15-23(3,4)21(22)25-14-18-13-17(7-8-19(18)20(25)26)6-5-16-9-11-24-12-10-16;1-11-7-3-2-6(5-10)8(9)4-7/h7-8,13,16,21,24H,9-12,14-15H2,1-4H3;2,4,7H,3H2,1H3. The van der Waals surface area contributed by atoms with E-state index >= 15 is 0 Å². The van der Waals surface area contributed by atoms with Crippen molar-refractivity contribution in [2.45, 2.75) is 72.1 Å². The number of carbonyl (C=O) groups is 1. The largest absolute Gasteiger partial charge is 0.377 e. The lowest BCUT2D eigenvalue weighted by Gasteiger charge is -2.60. The first-order chi connectivity index (χ1) is 17.6. The normalized spacial score (nSPS) is 24.3. The van der Waals surface area contributed by atoms with Gasteiger partial charge in [0.05, 0.1) is 16.7 Å². The first kappa shape index (κ1) is 27.5. The highest BCUT2D eigenvalue weighted by Crippen LogP contribution is 2.57. The molecule has 196 valence electrons. The maximum Gasteiger partial charge on any atom is 0.254 e. The van der Waals surface area contributed by atoms with Gasteiger partial charge in [0.2, 0.25) is 0 Å². The predicted octanol–water partition coefficient (Wildman–Crippen LogP) is 5.80. The minimum absolute atomic E-state index is 0.0274. The van der Waals surface area contributed by atoms with E-state index < -0.39 is 0 Å². The maximum absolute atomic E-state index is 13.0. The maximum atomic E-state index is 13.0. The number of amides is 1. The first-order valence-electron chi connectivity index (χ1n) is 13.2. The Kier molecular flexibility index (Phi) is 8.20. The van der Waals surface area contributed by atoms with Gasteiger partial charge in [0.1, 0.15) is 6.07 Å². The number of nitrogens with zero attached hydrogens (tertiary/aromatic N) is 2. The fraction of sp³-hybridized carbons (Fsp3) is 0.548. The smallest absolute Gasteiger partial charge is 0.254 e. The minimum atomic E-state index is 0.0274. The van der Waals surface area contributed by atoms with Crippen LogP contribution in [0.2, 0.25) is 0 Å². The zero-order valence-corrected chi connectivity index (χ0v) is 23.4. The fourth-order valence-corrected chi connectivity index (χ4v) is 7.09. The molecule has 2 heterocycles. The molecule has 1 unspecified atom stereocenters. The number of nitriles is 1. The summed E-state index contributed by atoms with van der Waals surface area (Å²) in [7, 11) is 1.62. The lowest BCUT2D eigenvalue weighted by molar-refractivity contribution is -0.0989. The summed E-state index contributed by atoms with van der Waals surface area (Å²) in [5.41, 5.74) is 3.99. The average Bonchev–Trinajstić information content (AvgIpc) is 3.16. The summed E-state index contributed by atoms with van der Waals surface area (Å²) in [5, 5.41) is 12.4. The number of benzene rings is 1. The van der Waals surface area contributed by atoms with Crippen LogP contribution >= 0.6 is 11.6 Å². The molecule has 0 radical (unpaired) electrons. The van der Waals surface area contributed by atoms with E-state index in [1.807, 2.05) is 18.2 Å². The molecule has 0 aromatic heterocycles. The second kappa shape index (κ2) is 11.0. The quantitative estimate of drug-likeness (QED) is 0.502. The van der Waals surface area contributed by atoms with Crippen LogP contribution in [-0.2, 0) is 11.3 Å². The lowest BCUT2D eigenvalue weighted by atomic mass is 9.51.